The Kier molecular flexibility index (Phi) is 6.96. The van der Waals surface area contributed by atoms with Crippen LogP contribution in [0.5, 0.6) is 0 Å². The first-order valence-corrected chi connectivity index (χ1v) is 8.71. The van der Waals surface area contributed by atoms with E-state index in [1.54, 1.807) is 37.3 Å². The van der Waals surface area contributed by atoms with Gasteiger partial charge in [0.25, 0.3) is 0 Å². The van der Waals surface area contributed by atoms with Gasteiger partial charge >= 0.3 is 5.97 Å². The van der Waals surface area contributed by atoms with Crippen LogP contribution in [0, 0.1) is 19.8 Å². The zero-order valence-corrected chi connectivity index (χ0v) is 16.6. The minimum atomic E-state index is -0.441. The smallest absolute Gasteiger partial charge is 0.355 e. The van der Waals surface area contributed by atoms with Gasteiger partial charge in [0.2, 0.25) is 5.91 Å². The van der Waals surface area contributed by atoms with Gasteiger partial charge in [-0.05, 0) is 40.2 Å². The van der Waals surface area contributed by atoms with E-state index in [2.05, 4.69) is 0 Å². The first-order chi connectivity index (χ1) is 11.5. The molecule has 0 bridgehead atoms. The highest BCUT2D eigenvalue weighted by molar-refractivity contribution is 6.04. The monoisotopic (exact) mass is 350 g/mol. The Morgan fingerprint density at radius 2 is 1.68 bits per heavy atom. The Morgan fingerprint density at radius 1 is 1.12 bits per heavy atom. The SMILES string of the molecule is CCOC(=O)c1c(C)c(C(=O)CN(C(=O)C(C)C)C(C)C)c(C)n1C. The second kappa shape index (κ2) is 8.32. The molecule has 25 heavy (non-hydrogen) atoms. The van der Waals surface area contributed by atoms with Gasteiger partial charge in [0.15, 0.2) is 5.78 Å². The molecule has 0 aliphatic carbocycles. The molecule has 140 valence electrons. The van der Waals surface area contributed by atoms with Crippen LogP contribution < -0.4 is 0 Å². The Bertz CT molecular complexity index is 671. The molecule has 1 heterocycles. The van der Waals surface area contributed by atoms with Gasteiger partial charge in [-0.2, -0.15) is 0 Å². The van der Waals surface area contributed by atoms with E-state index in [0.717, 1.165) is 0 Å². The molecule has 0 N–H and O–H groups in total. The zero-order chi connectivity index (χ0) is 19.5. The van der Waals surface area contributed by atoms with Crippen LogP contribution in [0.15, 0.2) is 0 Å². The summed E-state index contributed by atoms with van der Waals surface area (Å²) in [4.78, 5) is 39.1. The highest BCUT2D eigenvalue weighted by Gasteiger charge is 2.29. The maximum atomic E-state index is 12.9. The second-order valence-electron chi connectivity index (χ2n) is 6.85. The molecule has 0 aliphatic rings. The van der Waals surface area contributed by atoms with Gasteiger partial charge < -0.3 is 14.2 Å². The Balaban J connectivity index is 3.24. The molecule has 0 saturated carbocycles. The molecule has 0 fully saturated rings. The summed E-state index contributed by atoms with van der Waals surface area (Å²) < 4.78 is 6.78. The first kappa shape index (κ1) is 20.9. The number of Topliss-reactive ketones (excluding diaryl/α,β-unsaturated/α-hetero) is 1. The molecule has 1 rings (SSSR count). The van der Waals surface area contributed by atoms with Crippen LogP contribution in [-0.4, -0.2) is 46.3 Å². The van der Waals surface area contributed by atoms with Crippen molar-refractivity contribution in [3.05, 3.63) is 22.5 Å². The molecule has 1 amide bonds. The van der Waals surface area contributed by atoms with E-state index in [0.29, 0.717) is 22.5 Å². The summed E-state index contributed by atoms with van der Waals surface area (Å²) in [6, 6.07) is -0.0762. The average molecular weight is 350 g/mol. The van der Waals surface area contributed by atoms with Crippen molar-refractivity contribution in [2.24, 2.45) is 13.0 Å². The summed E-state index contributed by atoms with van der Waals surface area (Å²) in [5.74, 6) is -0.837. The van der Waals surface area contributed by atoms with E-state index in [-0.39, 0.29) is 36.8 Å². The lowest BCUT2D eigenvalue weighted by Crippen LogP contribution is -2.43. The highest BCUT2D eigenvalue weighted by Crippen LogP contribution is 2.23. The van der Waals surface area contributed by atoms with Crippen LogP contribution >= 0.6 is 0 Å². The van der Waals surface area contributed by atoms with E-state index >= 15 is 0 Å². The number of hydrogen-bond acceptors (Lipinski definition) is 4. The molecule has 1 aromatic rings. The van der Waals surface area contributed by atoms with Crippen molar-refractivity contribution in [1.29, 1.82) is 0 Å². The van der Waals surface area contributed by atoms with Crippen LogP contribution in [0.3, 0.4) is 0 Å². The Hall–Kier alpha value is -2.11. The number of carbonyl (C=O) groups excluding carboxylic acids is 3. The van der Waals surface area contributed by atoms with Crippen molar-refractivity contribution in [2.75, 3.05) is 13.2 Å². The zero-order valence-electron chi connectivity index (χ0n) is 16.6. The van der Waals surface area contributed by atoms with Crippen molar-refractivity contribution in [1.82, 2.24) is 9.47 Å². The Morgan fingerprint density at radius 3 is 2.12 bits per heavy atom. The van der Waals surface area contributed by atoms with Crippen LogP contribution in [-0.2, 0) is 16.6 Å². The predicted octanol–water partition coefficient (Wildman–Crippen LogP) is 2.89. The highest BCUT2D eigenvalue weighted by atomic mass is 16.5. The predicted molar refractivity (Wildman–Crippen MR) is 96.9 cm³/mol. The van der Waals surface area contributed by atoms with Crippen molar-refractivity contribution in [3.63, 3.8) is 0 Å². The topological polar surface area (TPSA) is 68.6 Å². The van der Waals surface area contributed by atoms with E-state index in [9.17, 15) is 14.4 Å². The van der Waals surface area contributed by atoms with E-state index in [1.807, 2.05) is 27.7 Å². The third-order valence-electron chi connectivity index (χ3n) is 4.39. The summed E-state index contributed by atoms with van der Waals surface area (Å²) in [5, 5.41) is 0. The molecule has 0 aliphatic heterocycles. The molecule has 0 atom stereocenters. The number of nitrogens with zero attached hydrogens (tertiary/aromatic N) is 2. The maximum Gasteiger partial charge on any atom is 0.355 e. The standard InChI is InChI=1S/C19H30N2O4/c1-9-25-19(24)17-13(6)16(14(7)20(17)8)15(22)10-21(12(4)5)18(23)11(2)3/h11-12H,9-10H2,1-8H3. The lowest BCUT2D eigenvalue weighted by Gasteiger charge is -2.28. The number of ether oxygens (including phenoxy) is 1. The van der Waals surface area contributed by atoms with Crippen LogP contribution in [0.4, 0.5) is 0 Å². The van der Waals surface area contributed by atoms with Gasteiger partial charge in [0.1, 0.15) is 5.69 Å². The van der Waals surface area contributed by atoms with Crippen molar-refractivity contribution < 1.29 is 19.1 Å². The van der Waals surface area contributed by atoms with Gasteiger partial charge in [-0.15, -0.1) is 0 Å². The lowest BCUT2D eigenvalue weighted by atomic mass is 10.0. The molecule has 1 aromatic heterocycles. The largest absolute Gasteiger partial charge is 0.461 e. The average Bonchev–Trinajstić information content (AvgIpc) is 2.73. The fraction of sp³-hybridized carbons (Fsp3) is 0.632. The van der Waals surface area contributed by atoms with E-state index < -0.39 is 5.97 Å². The Labute approximate surface area is 150 Å². The van der Waals surface area contributed by atoms with Crippen LogP contribution in [0.2, 0.25) is 0 Å². The van der Waals surface area contributed by atoms with E-state index in [1.165, 1.54) is 0 Å². The minimum Gasteiger partial charge on any atom is -0.461 e. The van der Waals surface area contributed by atoms with Gasteiger partial charge in [-0.3, -0.25) is 9.59 Å². The molecule has 6 nitrogen and oxygen atoms in total. The van der Waals surface area contributed by atoms with Crippen LogP contribution in [0.1, 0.15) is 66.7 Å². The summed E-state index contributed by atoms with van der Waals surface area (Å²) in [7, 11) is 1.74. The molecule has 0 aromatic carbocycles. The minimum absolute atomic E-state index is 0.00262. The third-order valence-corrected chi connectivity index (χ3v) is 4.39. The molecule has 0 spiro atoms. The number of ketones is 1. The molecule has 0 radical (unpaired) electrons. The number of esters is 1. The molecule has 0 unspecified atom stereocenters. The van der Waals surface area contributed by atoms with Gasteiger partial charge in [0, 0.05) is 30.3 Å². The number of aromatic nitrogens is 1. The first-order valence-electron chi connectivity index (χ1n) is 8.71. The van der Waals surface area contributed by atoms with Crippen molar-refractivity contribution in [2.45, 2.75) is 54.5 Å². The summed E-state index contributed by atoms with van der Waals surface area (Å²) in [5.41, 5.74) is 2.18. The van der Waals surface area contributed by atoms with Gasteiger partial charge in [0.05, 0.1) is 13.2 Å². The third kappa shape index (κ3) is 4.30. The van der Waals surface area contributed by atoms with Crippen LogP contribution in [0.25, 0.3) is 0 Å². The number of carbonyl (C=O) groups is 3. The van der Waals surface area contributed by atoms with Gasteiger partial charge in [-0.1, -0.05) is 13.8 Å². The lowest BCUT2D eigenvalue weighted by molar-refractivity contribution is -0.135. The quantitative estimate of drug-likeness (QED) is 0.560. The normalized spacial score (nSPS) is 11.1. The maximum absolute atomic E-state index is 12.9. The fourth-order valence-corrected chi connectivity index (χ4v) is 2.96. The second-order valence-corrected chi connectivity index (χ2v) is 6.85. The number of rotatable bonds is 7. The summed E-state index contributed by atoms with van der Waals surface area (Å²) >= 11 is 0. The van der Waals surface area contributed by atoms with Crippen molar-refractivity contribution in [3.8, 4) is 0 Å². The number of amides is 1. The molecular formula is C19H30N2O4. The summed E-state index contributed by atoms with van der Waals surface area (Å²) in [6.45, 7) is 13.0. The molecular weight excluding hydrogens is 320 g/mol. The van der Waals surface area contributed by atoms with Gasteiger partial charge in [-0.25, -0.2) is 4.79 Å². The van der Waals surface area contributed by atoms with Crippen molar-refractivity contribution >= 4 is 17.7 Å². The number of hydrogen-bond donors (Lipinski definition) is 0. The van der Waals surface area contributed by atoms with E-state index in [4.69, 9.17) is 4.74 Å². The molecule has 0 saturated heterocycles. The fourth-order valence-electron chi connectivity index (χ4n) is 2.96. The molecule has 6 heteroatoms. The summed E-state index contributed by atoms with van der Waals surface area (Å²) in [6.07, 6.45) is 0.